The molecule has 11 heteroatoms. The quantitative estimate of drug-likeness (QED) is 0.462. The van der Waals surface area contributed by atoms with Gasteiger partial charge in [0.1, 0.15) is 23.6 Å². The number of ether oxygens (including phenoxy) is 3. The molecule has 3 aromatic rings. The second-order valence-corrected chi connectivity index (χ2v) is 8.63. The fraction of sp³-hybridized carbons (Fsp3) is 0.364. The van der Waals surface area contributed by atoms with Crippen LogP contribution in [0.15, 0.2) is 35.6 Å². The van der Waals surface area contributed by atoms with Crippen molar-refractivity contribution in [2.75, 3.05) is 38.3 Å². The highest BCUT2D eigenvalue weighted by Crippen LogP contribution is 2.40. The van der Waals surface area contributed by atoms with Crippen LogP contribution in [0.1, 0.15) is 12.5 Å². The molecule has 1 atom stereocenters. The largest absolute Gasteiger partial charge is 0.464 e. The molecule has 2 aromatic heterocycles. The molecular formula is C22H22F2N4O5. The first-order valence-corrected chi connectivity index (χ1v) is 10.3. The predicted molar refractivity (Wildman–Crippen MR) is 114 cm³/mol. The fourth-order valence-electron chi connectivity index (χ4n) is 3.66. The second-order valence-electron chi connectivity index (χ2n) is 8.63. The zero-order valence-corrected chi connectivity index (χ0v) is 17.7. The fourth-order valence-corrected chi connectivity index (χ4v) is 3.66. The number of aliphatic hydroxyl groups excluding tert-OH is 1. The third-order valence-corrected chi connectivity index (χ3v) is 5.72. The number of aliphatic imine (C=N–C) groups is 1. The zero-order valence-electron chi connectivity index (χ0n) is 17.7. The van der Waals surface area contributed by atoms with Gasteiger partial charge in [0.25, 0.3) is 6.02 Å². The number of benzene rings is 1. The highest BCUT2D eigenvalue weighted by molar-refractivity contribution is 5.90. The number of nitrogens with zero attached hydrogens (tertiary/aromatic N) is 2. The van der Waals surface area contributed by atoms with Crippen molar-refractivity contribution in [2.45, 2.75) is 12.5 Å². The van der Waals surface area contributed by atoms with E-state index in [-0.39, 0.29) is 43.9 Å². The van der Waals surface area contributed by atoms with Crippen LogP contribution in [0.5, 0.6) is 11.5 Å². The first-order valence-electron chi connectivity index (χ1n) is 10.3. The van der Waals surface area contributed by atoms with Crippen LogP contribution in [0.3, 0.4) is 0 Å². The third-order valence-electron chi connectivity index (χ3n) is 5.72. The van der Waals surface area contributed by atoms with Gasteiger partial charge in [-0.15, -0.1) is 0 Å². The summed E-state index contributed by atoms with van der Waals surface area (Å²) >= 11 is 0. The molecule has 1 aromatic carbocycles. The lowest BCUT2D eigenvalue weighted by Crippen LogP contribution is -2.46. The van der Waals surface area contributed by atoms with Gasteiger partial charge < -0.3 is 34.7 Å². The summed E-state index contributed by atoms with van der Waals surface area (Å²) in [5.41, 5.74) is -0.744. The SMILES string of the molecule is C[C@]1(CO)CN=C(Nc2cc(F)c(Oc3ccnc4[nH]cc(C5(O)COC5)c34)c(F)c2)OC1. The minimum Gasteiger partial charge on any atom is -0.464 e. The molecule has 0 bridgehead atoms. The standard InChI is InChI=1S/C22H22F2N4O5/c1-21(8-29)7-27-20(32-9-21)28-12-4-14(23)18(15(24)5-12)33-16-2-3-25-19-17(16)13(6-26-19)22(30)10-31-11-22/h2-6,29-30H,7-11H2,1H3,(H,25,26)(H,27,28)/t21-/m1/s1. The van der Waals surface area contributed by atoms with Gasteiger partial charge in [0, 0.05) is 41.2 Å². The number of amidine groups is 1. The summed E-state index contributed by atoms with van der Waals surface area (Å²) in [7, 11) is 0. The maximum atomic E-state index is 14.9. The lowest BCUT2D eigenvalue weighted by Gasteiger charge is -2.36. The first-order chi connectivity index (χ1) is 15.8. The van der Waals surface area contributed by atoms with Gasteiger partial charge in [0.15, 0.2) is 17.4 Å². The van der Waals surface area contributed by atoms with Gasteiger partial charge >= 0.3 is 0 Å². The minimum absolute atomic E-state index is 0.0887. The molecule has 4 N–H and O–H groups in total. The van der Waals surface area contributed by atoms with E-state index in [1.165, 1.54) is 12.3 Å². The van der Waals surface area contributed by atoms with Crippen LogP contribution >= 0.6 is 0 Å². The van der Waals surface area contributed by atoms with Crippen LogP contribution < -0.4 is 10.1 Å². The Balaban J connectivity index is 1.41. The Hall–Kier alpha value is -3.28. The van der Waals surface area contributed by atoms with E-state index in [1.807, 2.05) is 6.92 Å². The van der Waals surface area contributed by atoms with Crippen molar-refractivity contribution in [3.8, 4) is 11.5 Å². The summed E-state index contributed by atoms with van der Waals surface area (Å²) in [4.78, 5) is 11.3. The minimum atomic E-state index is -1.23. The molecule has 5 rings (SSSR count). The van der Waals surface area contributed by atoms with Crippen molar-refractivity contribution in [3.05, 3.63) is 47.8 Å². The van der Waals surface area contributed by atoms with Gasteiger partial charge in [-0.2, -0.15) is 0 Å². The van der Waals surface area contributed by atoms with E-state index >= 15 is 0 Å². The second kappa shape index (κ2) is 7.94. The summed E-state index contributed by atoms with van der Waals surface area (Å²) in [6, 6.07) is 3.70. The predicted octanol–water partition coefficient (Wildman–Crippen LogP) is 2.65. The van der Waals surface area contributed by atoms with Gasteiger partial charge in [-0.1, -0.05) is 6.92 Å². The van der Waals surface area contributed by atoms with E-state index < -0.39 is 28.4 Å². The molecule has 1 saturated heterocycles. The van der Waals surface area contributed by atoms with Crippen LogP contribution in [-0.2, 0) is 15.1 Å². The number of aromatic nitrogens is 2. The highest BCUT2D eigenvalue weighted by atomic mass is 19.1. The van der Waals surface area contributed by atoms with Gasteiger partial charge in [0.2, 0.25) is 0 Å². The maximum Gasteiger partial charge on any atom is 0.289 e. The van der Waals surface area contributed by atoms with Crippen LogP contribution in [0, 0.1) is 17.0 Å². The molecule has 0 radical (unpaired) electrons. The zero-order chi connectivity index (χ0) is 23.2. The van der Waals surface area contributed by atoms with Crippen molar-refractivity contribution in [3.63, 3.8) is 0 Å². The number of aromatic amines is 1. The number of aliphatic hydroxyl groups is 2. The first kappa shape index (κ1) is 21.6. The molecule has 1 fully saturated rings. The monoisotopic (exact) mass is 460 g/mol. The molecule has 0 unspecified atom stereocenters. The van der Waals surface area contributed by atoms with E-state index in [2.05, 4.69) is 20.3 Å². The Bertz CT molecular complexity index is 1220. The van der Waals surface area contributed by atoms with E-state index in [9.17, 15) is 19.0 Å². The molecule has 174 valence electrons. The van der Waals surface area contributed by atoms with Gasteiger partial charge in [-0.05, 0) is 6.07 Å². The van der Waals surface area contributed by atoms with Crippen LogP contribution in [-0.4, -0.2) is 59.2 Å². The number of anilines is 1. The molecule has 9 nitrogen and oxygen atoms in total. The molecule has 0 spiro atoms. The Labute approximate surface area is 187 Å². The molecule has 2 aliphatic heterocycles. The molecule has 2 aliphatic rings. The van der Waals surface area contributed by atoms with E-state index in [4.69, 9.17) is 14.2 Å². The van der Waals surface area contributed by atoms with Crippen molar-refractivity contribution < 1.29 is 33.2 Å². The van der Waals surface area contributed by atoms with Crippen molar-refractivity contribution >= 4 is 22.7 Å². The number of nitrogens with one attached hydrogen (secondary N) is 2. The maximum absolute atomic E-state index is 14.9. The number of hydrogen-bond donors (Lipinski definition) is 4. The van der Waals surface area contributed by atoms with Crippen LogP contribution in [0.2, 0.25) is 0 Å². The number of halogens is 2. The Morgan fingerprint density at radius 3 is 2.61 bits per heavy atom. The van der Waals surface area contributed by atoms with Gasteiger partial charge in [-0.25, -0.2) is 18.8 Å². The van der Waals surface area contributed by atoms with E-state index in [0.29, 0.717) is 23.1 Å². The van der Waals surface area contributed by atoms with Crippen LogP contribution in [0.4, 0.5) is 14.5 Å². The summed E-state index contributed by atoms with van der Waals surface area (Å²) in [6.07, 6.45) is 3.02. The molecule has 0 saturated carbocycles. The topological polar surface area (TPSA) is 121 Å². The number of hydrogen-bond acceptors (Lipinski definition) is 8. The lowest BCUT2D eigenvalue weighted by molar-refractivity contribution is -0.183. The number of H-pyrrole nitrogens is 1. The Morgan fingerprint density at radius 2 is 2.00 bits per heavy atom. The van der Waals surface area contributed by atoms with Crippen molar-refractivity contribution in [1.82, 2.24) is 9.97 Å². The number of fused-ring (bicyclic) bond motifs is 1. The van der Waals surface area contributed by atoms with Gasteiger partial charge in [0.05, 0.1) is 31.8 Å². The summed E-state index contributed by atoms with van der Waals surface area (Å²) in [6.45, 7) is 2.46. The van der Waals surface area contributed by atoms with Crippen LogP contribution in [0.25, 0.3) is 11.0 Å². The molecule has 33 heavy (non-hydrogen) atoms. The van der Waals surface area contributed by atoms with Crippen molar-refractivity contribution in [2.24, 2.45) is 10.4 Å². The van der Waals surface area contributed by atoms with Gasteiger partial charge in [-0.3, -0.25) is 0 Å². The number of pyridine rings is 1. The normalized spacial score (nSPS) is 21.8. The van der Waals surface area contributed by atoms with E-state index in [1.54, 1.807) is 6.20 Å². The average Bonchev–Trinajstić information content (AvgIpc) is 3.22. The molecule has 0 aliphatic carbocycles. The Kier molecular flexibility index (Phi) is 5.19. The lowest BCUT2D eigenvalue weighted by atomic mass is 9.92. The molecular weight excluding hydrogens is 438 g/mol. The smallest absolute Gasteiger partial charge is 0.289 e. The third kappa shape index (κ3) is 3.88. The number of rotatable bonds is 5. The average molecular weight is 460 g/mol. The summed E-state index contributed by atoms with van der Waals surface area (Å²) < 4.78 is 45.9. The molecule has 0 amide bonds. The molecule has 4 heterocycles. The summed E-state index contributed by atoms with van der Waals surface area (Å²) in [5.74, 6) is -2.35. The highest BCUT2D eigenvalue weighted by Gasteiger charge is 2.41. The Morgan fingerprint density at radius 1 is 1.24 bits per heavy atom. The van der Waals surface area contributed by atoms with E-state index in [0.717, 1.165) is 12.1 Å². The summed E-state index contributed by atoms with van der Waals surface area (Å²) in [5, 5.41) is 23.2. The van der Waals surface area contributed by atoms with Crippen molar-refractivity contribution in [1.29, 1.82) is 0 Å².